The molecule has 0 aliphatic carbocycles. The summed E-state index contributed by atoms with van der Waals surface area (Å²) in [6.45, 7) is 0.781. The third-order valence-electron chi connectivity index (χ3n) is 2.02. The van der Waals surface area contributed by atoms with E-state index in [4.69, 9.17) is 5.11 Å². The highest BCUT2D eigenvalue weighted by Gasteiger charge is 2.44. The summed E-state index contributed by atoms with van der Waals surface area (Å²) in [6.07, 6.45) is 1.64. The maximum absolute atomic E-state index is 11.1. The number of methoxy groups -OCH3 is 1. The molecule has 1 rings (SSSR count). The van der Waals surface area contributed by atoms with Crippen molar-refractivity contribution in [2.75, 3.05) is 20.8 Å². The number of hydrogen-bond acceptors (Lipinski definition) is 5. The lowest BCUT2D eigenvalue weighted by Crippen LogP contribution is -2.62. The zero-order chi connectivity index (χ0) is 10.3. The van der Waals surface area contributed by atoms with Gasteiger partial charge in [0.05, 0.1) is 7.11 Å². The van der Waals surface area contributed by atoms with Crippen molar-refractivity contribution in [3.8, 4) is 0 Å². The maximum Gasteiger partial charge on any atom is 0.326 e. The Morgan fingerprint density at radius 2 is 2.23 bits per heavy atom. The van der Waals surface area contributed by atoms with Crippen LogP contribution in [0.3, 0.4) is 0 Å². The molecule has 1 aliphatic rings. The molecule has 5 heteroatoms. The monoisotopic (exact) mass is 189 g/mol. The molecule has 2 N–H and O–H groups in total. The Morgan fingerprint density at radius 3 is 2.46 bits per heavy atom. The van der Waals surface area contributed by atoms with E-state index < -0.39 is 5.54 Å². The SMILES string of the molecule is CO.COC(=O)C1(CC=O)CCN1. The zero-order valence-corrected chi connectivity index (χ0v) is 7.87. The molecule has 0 amide bonds. The molecular formula is C8H15NO4. The Hall–Kier alpha value is -0.940. The molecule has 13 heavy (non-hydrogen) atoms. The second kappa shape index (κ2) is 5.66. The molecule has 0 saturated carbocycles. The predicted molar refractivity (Wildman–Crippen MR) is 46.2 cm³/mol. The highest BCUT2D eigenvalue weighted by molar-refractivity contribution is 5.85. The average molecular weight is 189 g/mol. The zero-order valence-electron chi connectivity index (χ0n) is 7.87. The Bertz CT molecular complexity index is 177. The standard InChI is InChI=1S/C7H11NO3.CH4O/c1-11-6(10)7(3-5-9)2-4-8-7;1-2/h5,8H,2-4H2,1H3;2H,1H3. The quantitative estimate of drug-likeness (QED) is 0.444. The first-order chi connectivity index (χ1) is 6.25. The number of ether oxygens (including phenoxy) is 1. The Morgan fingerprint density at radius 1 is 1.69 bits per heavy atom. The van der Waals surface area contributed by atoms with E-state index in [2.05, 4.69) is 10.1 Å². The number of hydrogen-bond donors (Lipinski definition) is 2. The molecule has 76 valence electrons. The molecule has 1 heterocycles. The molecule has 0 bridgehead atoms. The molecular weight excluding hydrogens is 174 g/mol. The number of aliphatic hydroxyl groups excluding tert-OH is 1. The van der Waals surface area contributed by atoms with E-state index in [0.717, 1.165) is 19.9 Å². The minimum absolute atomic E-state index is 0.208. The van der Waals surface area contributed by atoms with Crippen LogP contribution in [0.2, 0.25) is 0 Å². The fourth-order valence-electron chi connectivity index (χ4n) is 1.20. The van der Waals surface area contributed by atoms with Gasteiger partial charge in [0.2, 0.25) is 0 Å². The van der Waals surface area contributed by atoms with E-state index in [0.29, 0.717) is 6.42 Å². The molecule has 0 aromatic rings. The summed E-state index contributed by atoms with van der Waals surface area (Å²) in [5.41, 5.74) is -0.698. The van der Waals surface area contributed by atoms with Gasteiger partial charge in [-0.05, 0) is 13.0 Å². The van der Waals surface area contributed by atoms with Gasteiger partial charge >= 0.3 is 5.97 Å². The van der Waals surface area contributed by atoms with Crippen LogP contribution in [0.15, 0.2) is 0 Å². The van der Waals surface area contributed by atoms with E-state index in [1.807, 2.05) is 0 Å². The van der Waals surface area contributed by atoms with Gasteiger partial charge in [0.1, 0.15) is 11.8 Å². The third-order valence-corrected chi connectivity index (χ3v) is 2.02. The van der Waals surface area contributed by atoms with E-state index >= 15 is 0 Å². The summed E-state index contributed by atoms with van der Waals surface area (Å²) in [7, 11) is 2.33. The summed E-state index contributed by atoms with van der Waals surface area (Å²) >= 11 is 0. The number of esters is 1. The second-order valence-corrected chi connectivity index (χ2v) is 2.62. The molecule has 5 nitrogen and oxygen atoms in total. The molecule has 0 radical (unpaired) electrons. The van der Waals surface area contributed by atoms with Crippen molar-refractivity contribution in [2.45, 2.75) is 18.4 Å². The van der Waals surface area contributed by atoms with Crippen molar-refractivity contribution >= 4 is 12.3 Å². The van der Waals surface area contributed by atoms with Crippen molar-refractivity contribution in [1.29, 1.82) is 0 Å². The Balaban J connectivity index is 0.000000671. The van der Waals surface area contributed by atoms with E-state index in [-0.39, 0.29) is 12.4 Å². The van der Waals surface area contributed by atoms with Gasteiger partial charge in [-0.2, -0.15) is 0 Å². The van der Waals surface area contributed by atoms with Crippen LogP contribution in [-0.4, -0.2) is 43.7 Å². The smallest absolute Gasteiger partial charge is 0.326 e. The van der Waals surface area contributed by atoms with Gasteiger partial charge in [0, 0.05) is 13.5 Å². The summed E-state index contributed by atoms with van der Waals surface area (Å²) in [5, 5.41) is 9.90. The topological polar surface area (TPSA) is 75.6 Å². The molecule has 1 aliphatic heterocycles. The first-order valence-corrected chi connectivity index (χ1v) is 3.97. The van der Waals surface area contributed by atoms with Gasteiger partial charge in [-0.3, -0.25) is 4.79 Å². The summed E-state index contributed by atoms with van der Waals surface area (Å²) in [6, 6.07) is 0. The summed E-state index contributed by atoms with van der Waals surface area (Å²) in [4.78, 5) is 21.2. The molecule has 1 fully saturated rings. The van der Waals surface area contributed by atoms with Gasteiger partial charge in [-0.25, -0.2) is 0 Å². The highest BCUT2D eigenvalue weighted by atomic mass is 16.5. The van der Waals surface area contributed by atoms with Crippen LogP contribution in [0.1, 0.15) is 12.8 Å². The van der Waals surface area contributed by atoms with Crippen LogP contribution >= 0.6 is 0 Å². The molecule has 1 unspecified atom stereocenters. The third kappa shape index (κ3) is 2.50. The number of rotatable bonds is 3. The van der Waals surface area contributed by atoms with Crippen molar-refractivity contribution in [3.05, 3.63) is 0 Å². The van der Waals surface area contributed by atoms with E-state index in [1.165, 1.54) is 7.11 Å². The normalized spacial score (nSPS) is 24.8. The minimum atomic E-state index is -0.698. The summed E-state index contributed by atoms with van der Waals surface area (Å²) in [5.74, 6) is -0.337. The number of carbonyl (C=O) groups excluding carboxylic acids is 2. The first kappa shape index (κ1) is 12.1. The van der Waals surface area contributed by atoms with Crippen LogP contribution < -0.4 is 5.32 Å². The Labute approximate surface area is 77.1 Å². The number of aldehydes is 1. The van der Waals surface area contributed by atoms with Crippen LogP contribution in [0, 0.1) is 0 Å². The molecule has 1 atom stereocenters. The first-order valence-electron chi connectivity index (χ1n) is 3.97. The van der Waals surface area contributed by atoms with Crippen LogP contribution in [0.25, 0.3) is 0 Å². The average Bonchev–Trinajstić information content (AvgIpc) is 2.13. The molecule has 0 spiro atoms. The molecule has 0 aromatic heterocycles. The Kier molecular flexibility index (Phi) is 5.25. The molecule has 0 aromatic carbocycles. The fourth-order valence-corrected chi connectivity index (χ4v) is 1.20. The van der Waals surface area contributed by atoms with E-state index in [1.54, 1.807) is 0 Å². The van der Waals surface area contributed by atoms with Gasteiger partial charge < -0.3 is 20.0 Å². The number of carbonyl (C=O) groups is 2. The predicted octanol–water partition coefficient (Wildman–Crippen LogP) is -0.911. The maximum atomic E-state index is 11.1. The van der Waals surface area contributed by atoms with Crippen LogP contribution in [0.5, 0.6) is 0 Å². The fraction of sp³-hybridized carbons (Fsp3) is 0.750. The van der Waals surface area contributed by atoms with Gasteiger partial charge in [0.15, 0.2) is 0 Å². The van der Waals surface area contributed by atoms with Crippen molar-refractivity contribution in [2.24, 2.45) is 0 Å². The van der Waals surface area contributed by atoms with Gasteiger partial charge in [-0.1, -0.05) is 0 Å². The second-order valence-electron chi connectivity index (χ2n) is 2.62. The van der Waals surface area contributed by atoms with Crippen LogP contribution in [-0.2, 0) is 14.3 Å². The van der Waals surface area contributed by atoms with Crippen molar-refractivity contribution < 1.29 is 19.4 Å². The number of nitrogens with one attached hydrogen (secondary N) is 1. The lowest BCUT2D eigenvalue weighted by Gasteiger charge is -2.38. The summed E-state index contributed by atoms with van der Waals surface area (Å²) < 4.78 is 4.55. The minimum Gasteiger partial charge on any atom is -0.468 e. The van der Waals surface area contributed by atoms with Gasteiger partial charge in [0.25, 0.3) is 0 Å². The van der Waals surface area contributed by atoms with Crippen molar-refractivity contribution in [1.82, 2.24) is 5.32 Å². The van der Waals surface area contributed by atoms with E-state index in [9.17, 15) is 9.59 Å². The van der Waals surface area contributed by atoms with Crippen LogP contribution in [0.4, 0.5) is 0 Å². The number of aliphatic hydroxyl groups is 1. The lowest BCUT2D eigenvalue weighted by molar-refractivity contribution is -0.153. The van der Waals surface area contributed by atoms with Crippen molar-refractivity contribution in [3.63, 3.8) is 0 Å². The largest absolute Gasteiger partial charge is 0.468 e. The van der Waals surface area contributed by atoms with Gasteiger partial charge in [-0.15, -0.1) is 0 Å². The highest BCUT2D eigenvalue weighted by Crippen LogP contribution is 2.23. The lowest BCUT2D eigenvalue weighted by atomic mass is 9.85. The molecule has 1 saturated heterocycles.